The van der Waals surface area contributed by atoms with Crippen LogP contribution in [-0.4, -0.2) is 56.0 Å². The number of thioether (sulfide) groups is 1. The maximum absolute atomic E-state index is 12.8. The smallest absolute Gasteiger partial charge is 0.294 e. The van der Waals surface area contributed by atoms with Crippen LogP contribution in [-0.2, 0) is 9.59 Å². The molecule has 0 atom stereocenters. The number of nitro groups is 1. The van der Waals surface area contributed by atoms with E-state index in [2.05, 4.69) is 0 Å². The van der Waals surface area contributed by atoms with Crippen molar-refractivity contribution in [2.24, 2.45) is 0 Å². The first-order valence-corrected chi connectivity index (χ1v) is 10.7. The summed E-state index contributed by atoms with van der Waals surface area (Å²) in [7, 11) is 0. The van der Waals surface area contributed by atoms with Crippen LogP contribution in [0.2, 0.25) is 0 Å². The number of hydrogen-bond acceptors (Lipinski definition) is 6. The van der Waals surface area contributed by atoms with Crippen molar-refractivity contribution in [3.8, 4) is 5.69 Å². The highest BCUT2D eigenvalue weighted by Crippen LogP contribution is 2.33. The van der Waals surface area contributed by atoms with E-state index in [9.17, 15) is 24.5 Å². The van der Waals surface area contributed by atoms with E-state index in [1.807, 2.05) is 0 Å². The zero-order valence-corrected chi connectivity index (χ0v) is 17.4. The summed E-state index contributed by atoms with van der Waals surface area (Å²) in [6, 6.07) is 9.61. The molecule has 2 fully saturated rings. The fraction of sp³-hybridized carbons (Fsp3) is 0.286. The molecule has 2 saturated heterocycles. The van der Waals surface area contributed by atoms with Crippen molar-refractivity contribution in [1.82, 2.24) is 14.4 Å². The van der Waals surface area contributed by atoms with Gasteiger partial charge < -0.3 is 9.47 Å². The van der Waals surface area contributed by atoms with Crippen molar-refractivity contribution in [1.29, 1.82) is 0 Å². The van der Waals surface area contributed by atoms with Crippen molar-refractivity contribution in [2.45, 2.75) is 19.3 Å². The standard InChI is InChI=1S/C21H20N4O5S/c26-19(22-9-2-1-3-10-22)14-24-20(27)18(31-21(24)28)13-16-8-5-11-23(16)15-6-4-7-17(12-15)25(29)30/h4-8,11-13H,1-3,9-10,14H2/b18-13-. The summed E-state index contributed by atoms with van der Waals surface area (Å²) in [5.41, 5.74) is 1.10. The molecule has 1 aromatic carbocycles. The fourth-order valence-electron chi connectivity index (χ4n) is 3.65. The van der Waals surface area contributed by atoms with Gasteiger partial charge in [0.25, 0.3) is 16.8 Å². The van der Waals surface area contributed by atoms with Gasteiger partial charge in [-0.2, -0.15) is 0 Å². The first kappa shape index (κ1) is 20.9. The van der Waals surface area contributed by atoms with Gasteiger partial charge in [0.05, 0.1) is 15.5 Å². The highest BCUT2D eigenvalue weighted by atomic mass is 32.2. The monoisotopic (exact) mass is 440 g/mol. The maximum atomic E-state index is 12.8. The zero-order valence-electron chi connectivity index (χ0n) is 16.6. The molecule has 1 aromatic heterocycles. The second-order valence-electron chi connectivity index (χ2n) is 7.29. The first-order valence-electron chi connectivity index (χ1n) is 9.89. The number of carbonyl (C=O) groups is 3. The second-order valence-corrected chi connectivity index (χ2v) is 8.28. The van der Waals surface area contributed by atoms with Crippen molar-refractivity contribution >= 4 is 40.6 Å². The van der Waals surface area contributed by atoms with E-state index in [0.717, 1.165) is 35.9 Å². The number of nitrogens with zero attached hydrogens (tertiary/aromatic N) is 4. The van der Waals surface area contributed by atoms with Crippen molar-refractivity contribution in [2.75, 3.05) is 19.6 Å². The Hall–Kier alpha value is -3.40. The summed E-state index contributed by atoms with van der Waals surface area (Å²) in [4.78, 5) is 51.2. The van der Waals surface area contributed by atoms with Gasteiger partial charge in [0.2, 0.25) is 5.91 Å². The number of imide groups is 1. The molecule has 2 aromatic rings. The molecule has 0 aliphatic carbocycles. The van der Waals surface area contributed by atoms with E-state index in [1.54, 1.807) is 46.0 Å². The molecule has 3 heterocycles. The molecule has 3 amide bonds. The van der Waals surface area contributed by atoms with Gasteiger partial charge in [0.1, 0.15) is 6.54 Å². The van der Waals surface area contributed by atoms with Gasteiger partial charge in [-0.25, -0.2) is 0 Å². The number of benzene rings is 1. The van der Waals surface area contributed by atoms with Crippen LogP contribution >= 0.6 is 11.8 Å². The Morgan fingerprint density at radius 3 is 2.65 bits per heavy atom. The molecule has 31 heavy (non-hydrogen) atoms. The lowest BCUT2D eigenvalue weighted by atomic mass is 10.1. The highest BCUT2D eigenvalue weighted by Gasteiger charge is 2.37. The summed E-state index contributed by atoms with van der Waals surface area (Å²) < 4.78 is 1.69. The number of amides is 3. The molecule has 0 unspecified atom stereocenters. The maximum Gasteiger partial charge on any atom is 0.294 e. The second kappa shape index (κ2) is 8.76. The zero-order chi connectivity index (χ0) is 22.0. The average molecular weight is 440 g/mol. The molecule has 0 bridgehead atoms. The summed E-state index contributed by atoms with van der Waals surface area (Å²) in [6.07, 6.45) is 6.23. The van der Waals surface area contributed by atoms with E-state index in [4.69, 9.17) is 0 Å². The Labute approximate surface area is 182 Å². The Bertz CT molecular complexity index is 1090. The lowest BCUT2D eigenvalue weighted by Crippen LogP contribution is -2.44. The SMILES string of the molecule is O=C(CN1C(=O)S/C(=C\c2cccn2-c2cccc([N+](=O)[O-])c2)C1=O)N1CCCCC1. The van der Waals surface area contributed by atoms with E-state index < -0.39 is 16.1 Å². The number of nitro benzene ring substituents is 1. The van der Waals surface area contributed by atoms with Gasteiger partial charge in [-0.3, -0.25) is 29.4 Å². The Kier molecular flexibility index (Phi) is 5.90. The minimum atomic E-state index is -0.507. The average Bonchev–Trinajstić information content (AvgIpc) is 3.34. The van der Waals surface area contributed by atoms with Crippen LogP contribution in [0.1, 0.15) is 25.0 Å². The van der Waals surface area contributed by atoms with Crippen LogP contribution in [0, 0.1) is 10.1 Å². The van der Waals surface area contributed by atoms with Crippen LogP contribution in [0.3, 0.4) is 0 Å². The van der Waals surface area contributed by atoms with Gasteiger partial charge in [-0.05, 0) is 55.3 Å². The minimum Gasteiger partial charge on any atom is -0.341 e. The Morgan fingerprint density at radius 1 is 1.13 bits per heavy atom. The molecule has 0 spiro atoms. The molecule has 2 aliphatic heterocycles. The van der Waals surface area contributed by atoms with E-state index in [0.29, 0.717) is 24.5 Å². The molecule has 9 nitrogen and oxygen atoms in total. The molecule has 160 valence electrons. The summed E-state index contributed by atoms with van der Waals surface area (Å²) in [6.45, 7) is 1.05. The number of hydrogen-bond donors (Lipinski definition) is 0. The van der Waals surface area contributed by atoms with Crippen LogP contribution in [0.4, 0.5) is 10.5 Å². The lowest BCUT2D eigenvalue weighted by Gasteiger charge is -2.27. The third-order valence-electron chi connectivity index (χ3n) is 5.25. The first-order chi connectivity index (χ1) is 14.9. The largest absolute Gasteiger partial charge is 0.341 e. The molecule has 10 heteroatoms. The summed E-state index contributed by atoms with van der Waals surface area (Å²) in [5, 5.41) is 10.6. The normalized spacial score (nSPS) is 18.1. The fourth-order valence-corrected chi connectivity index (χ4v) is 4.48. The van der Waals surface area contributed by atoms with Gasteiger partial charge in [-0.1, -0.05) is 6.07 Å². The number of non-ortho nitro benzene ring substituents is 1. The minimum absolute atomic E-state index is 0.0475. The Morgan fingerprint density at radius 2 is 1.90 bits per heavy atom. The molecular formula is C21H20N4O5S. The number of carbonyl (C=O) groups excluding carboxylic acids is 3. The van der Waals surface area contributed by atoms with E-state index >= 15 is 0 Å². The van der Waals surface area contributed by atoms with Gasteiger partial charge in [0.15, 0.2) is 0 Å². The van der Waals surface area contributed by atoms with Crippen molar-refractivity contribution in [3.05, 3.63) is 63.3 Å². The predicted octanol–water partition coefficient (Wildman–Crippen LogP) is 3.43. The van der Waals surface area contributed by atoms with Crippen LogP contribution in [0.25, 0.3) is 11.8 Å². The Balaban J connectivity index is 1.54. The van der Waals surface area contributed by atoms with Crippen LogP contribution in [0.15, 0.2) is 47.5 Å². The molecule has 0 radical (unpaired) electrons. The van der Waals surface area contributed by atoms with Gasteiger partial charge in [-0.15, -0.1) is 0 Å². The topological polar surface area (TPSA) is 106 Å². The van der Waals surface area contributed by atoms with Crippen molar-refractivity contribution in [3.63, 3.8) is 0 Å². The number of aromatic nitrogens is 1. The quantitative estimate of drug-likeness (QED) is 0.401. The van der Waals surface area contributed by atoms with Crippen LogP contribution in [0.5, 0.6) is 0 Å². The molecule has 0 saturated carbocycles. The van der Waals surface area contributed by atoms with E-state index in [-0.39, 0.29) is 23.0 Å². The number of piperidine rings is 1. The third-order valence-corrected chi connectivity index (χ3v) is 6.16. The van der Waals surface area contributed by atoms with Crippen LogP contribution < -0.4 is 0 Å². The molecule has 4 rings (SSSR count). The lowest BCUT2D eigenvalue weighted by molar-refractivity contribution is -0.384. The third kappa shape index (κ3) is 4.38. The molecule has 2 aliphatic rings. The number of rotatable bonds is 5. The van der Waals surface area contributed by atoms with Gasteiger partial charge in [0, 0.05) is 37.1 Å². The van der Waals surface area contributed by atoms with Crippen molar-refractivity contribution < 1.29 is 19.3 Å². The summed E-state index contributed by atoms with van der Waals surface area (Å²) in [5.74, 6) is -0.727. The predicted molar refractivity (Wildman–Crippen MR) is 116 cm³/mol. The molecular weight excluding hydrogens is 420 g/mol. The number of likely N-dealkylation sites (tertiary alicyclic amines) is 1. The highest BCUT2D eigenvalue weighted by molar-refractivity contribution is 8.18. The summed E-state index contributed by atoms with van der Waals surface area (Å²) >= 11 is 0.787. The van der Waals surface area contributed by atoms with Gasteiger partial charge >= 0.3 is 0 Å². The molecule has 0 N–H and O–H groups in total. The van der Waals surface area contributed by atoms with E-state index in [1.165, 1.54) is 12.1 Å².